The van der Waals surface area contributed by atoms with Crippen LogP contribution >= 0.6 is 11.3 Å². The molecule has 0 radical (unpaired) electrons. The smallest absolute Gasteiger partial charge is 0.358 e. The summed E-state index contributed by atoms with van der Waals surface area (Å²) in [5, 5.41) is 0.885. The molecule has 2 rings (SSSR count). The normalized spacial score (nSPS) is 18.3. The van der Waals surface area contributed by atoms with Crippen LogP contribution in [0.5, 0.6) is 0 Å². The lowest BCUT2D eigenvalue weighted by Crippen LogP contribution is -2.33. The first-order valence-electron chi connectivity index (χ1n) is 6.01. The van der Waals surface area contributed by atoms with Gasteiger partial charge in [-0.15, -0.1) is 11.3 Å². The Hall–Kier alpha value is -0.940. The Morgan fingerprint density at radius 2 is 2.18 bits per heavy atom. The van der Waals surface area contributed by atoms with Crippen LogP contribution in [0.2, 0.25) is 0 Å². The molecule has 0 amide bonds. The average Bonchev–Trinajstić information content (AvgIpc) is 2.86. The van der Waals surface area contributed by atoms with E-state index in [-0.39, 0.29) is 11.5 Å². The zero-order chi connectivity index (χ0) is 12.5. The molecule has 2 N–H and O–H groups in total. The molecule has 0 saturated heterocycles. The van der Waals surface area contributed by atoms with Crippen molar-refractivity contribution >= 4 is 17.3 Å². The number of thiazole rings is 1. The number of aromatic nitrogens is 1. The van der Waals surface area contributed by atoms with Gasteiger partial charge in [0.2, 0.25) is 0 Å². The summed E-state index contributed by atoms with van der Waals surface area (Å²) in [5.41, 5.74) is 6.45. The second-order valence-electron chi connectivity index (χ2n) is 4.51. The van der Waals surface area contributed by atoms with Gasteiger partial charge in [-0.25, -0.2) is 9.78 Å². The molecule has 1 aromatic rings. The van der Waals surface area contributed by atoms with Crippen LogP contribution in [-0.2, 0) is 10.3 Å². The van der Waals surface area contributed by atoms with E-state index in [9.17, 15) is 4.79 Å². The third-order valence-electron chi connectivity index (χ3n) is 3.19. The molecule has 0 bridgehead atoms. The van der Waals surface area contributed by atoms with E-state index in [1.54, 1.807) is 6.92 Å². The average molecular weight is 254 g/mol. The number of hydrogen-bond donors (Lipinski definition) is 1. The zero-order valence-electron chi connectivity index (χ0n) is 10.3. The van der Waals surface area contributed by atoms with Gasteiger partial charge in [0.05, 0.1) is 12.1 Å². The third-order valence-corrected chi connectivity index (χ3v) is 4.38. The lowest BCUT2D eigenvalue weighted by atomic mass is 10.0. The van der Waals surface area contributed by atoms with E-state index in [1.165, 1.54) is 11.3 Å². The maximum atomic E-state index is 11.7. The molecule has 5 heteroatoms. The van der Waals surface area contributed by atoms with Crippen molar-refractivity contribution in [1.82, 2.24) is 4.98 Å². The van der Waals surface area contributed by atoms with Crippen molar-refractivity contribution in [3.8, 4) is 0 Å². The fourth-order valence-electron chi connectivity index (χ4n) is 2.22. The molecule has 0 atom stereocenters. The Kier molecular flexibility index (Phi) is 3.49. The maximum absolute atomic E-state index is 11.7. The van der Waals surface area contributed by atoms with Crippen LogP contribution < -0.4 is 5.73 Å². The minimum Gasteiger partial charge on any atom is -0.461 e. The number of rotatable bonds is 3. The highest BCUT2D eigenvalue weighted by atomic mass is 32.1. The van der Waals surface area contributed by atoms with E-state index in [1.807, 2.05) is 6.92 Å². The Bertz CT molecular complexity index is 422. The van der Waals surface area contributed by atoms with Crippen LogP contribution in [0, 0.1) is 6.92 Å². The topological polar surface area (TPSA) is 65.2 Å². The summed E-state index contributed by atoms with van der Waals surface area (Å²) >= 11 is 1.53. The lowest BCUT2D eigenvalue weighted by molar-refractivity contribution is 0.0519. The summed E-state index contributed by atoms with van der Waals surface area (Å²) in [6, 6.07) is 0. The van der Waals surface area contributed by atoms with Crippen LogP contribution in [0.1, 0.15) is 53.0 Å². The molecule has 1 fully saturated rings. The van der Waals surface area contributed by atoms with Crippen molar-refractivity contribution in [2.45, 2.75) is 45.1 Å². The van der Waals surface area contributed by atoms with E-state index in [0.29, 0.717) is 12.3 Å². The fourth-order valence-corrected chi connectivity index (χ4v) is 3.28. The number of nitrogens with two attached hydrogens (primary N) is 1. The van der Waals surface area contributed by atoms with Gasteiger partial charge in [-0.1, -0.05) is 12.8 Å². The van der Waals surface area contributed by atoms with Crippen LogP contribution in [0.25, 0.3) is 0 Å². The second-order valence-corrected chi connectivity index (χ2v) is 5.71. The highest BCUT2D eigenvalue weighted by Gasteiger charge is 2.35. The zero-order valence-corrected chi connectivity index (χ0v) is 11.1. The predicted molar refractivity (Wildman–Crippen MR) is 67.1 cm³/mol. The van der Waals surface area contributed by atoms with Gasteiger partial charge in [0.1, 0.15) is 5.01 Å². The molecule has 1 aromatic heterocycles. The number of hydrogen-bond acceptors (Lipinski definition) is 5. The molecule has 0 unspecified atom stereocenters. The molecular formula is C12H18N2O2S. The van der Waals surface area contributed by atoms with Crippen molar-refractivity contribution in [2.24, 2.45) is 5.73 Å². The van der Waals surface area contributed by atoms with Crippen LogP contribution in [0.4, 0.5) is 0 Å². The Morgan fingerprint density at radius 1 is 1.53 bits per heavy atom. The molecule has 4 nitrogen and oxygen atoms in total. The summed E-state index contributed by atoms with van der Waals surface area (Å²) in [7, 11) is 0. The number of esters is 1. The van der Waals surface area contributed by atoms with E-state index in [4.69, 9.17) is 10.5 Å². The number of carbonyl (C=O) groups is 1. The molecule has 0 spiro atoms. The fraction of sp³-hybridized carbons (Fsp3) is 0.667. The van der Waals surface area contributed by atoms with Crippen molar-refractivity contribution in [1.29, 1.82) is 0 Å². The van der Waals surface area contributed by atoms with E-state index in [0.717, 1.165) is 35.6 Å². The van der Waals surface area contributed by atoms with Crippen molar-refractivity contribution in [3.63, 3.8) is 0 Å². The molecule has 1 saturated carbocycles. The highest BCUT2D eigenvalue weighted by molar-refractivity contribution is 7.12. The van der Waals surface area contributed by atoms with Gasteiger partial charge in [-0.2, -0.15) is 0 Å². The van der Waals surface area contributed by atoms with Gasteiger partial charge in [-0.05, 0) is 26.7 Å². The summed E-state index contributed by atoms with van der Waals surface area (Å²) in [4.78, 5) is 17.0. The first-order chi connectivity index (χ1) is 8.07. The minimum absolute atomic E-state index is 0.319. The van der Waals surface area contributed by atoms with Crippen LogP contribution in [-0.4, -0.2) is 17.6 Å². The Labute approximate surface area is 105 Å². The Morgan fingerprint density at radius 3 is 2.76 bits per heavy atom. The number of aryl methyl sites for hydroxylation is 1. The van der Waals surface area contributed by atoms with Gasteiger partial charge < -0.3 is 10.5 Å². The number of ether oxygens (including phenoxy) is 1. The molecule has 1 aliphatic rings. The molecule has 0 aromatic carbocycles. The largest absolute Gasteiger partial charge is 0.461 e. The first-order valence-corrected chi connectivity index (χ1v) is 6.82. The van der Waals surface area contributed by atoms with E-state index < -0.39 is 0 Å². The summed E-state index contributed by atoms with van der Waals surface area (Å²) < 4.78 is 4.98. The minimum atomic E-state index is -0.339. The van der Waals surface area contributed by atoms with Crippen molar-refractivity contribution in [2.75, 3.05) is 6.61 Å². The molecule has 0 aliphatic heterocycles. The monoisotopic (exact) mass is 254 g/mol. The Balaban J connectivity index is 2.27. The SMILES string of the molecule is CCOC(=O)c1nc(C2(N)CCCC2)sc1C. The molecule has 17 heavy (non-hydrogen) atoms. The summed E-state index contributed by atoms with van der Waals surface area (Å²) in [5.74, 6) is -0.339. The van der Waals surface area contributed by atoms with Gasteiger partial charge >= 0.3 is 5.97 Å². The molecule has 1 aliphatic carbocycles. The maximum Gasteiger partial charge on any atom is 0.358 e. The third kappa shape index (κ3) is 2.35. The van der Waals surface area contributed by atoms with Gasteiger partial charge in [0, 0.05) is 4.88 Å². The van der Waals surface area contributed by atoms with Gasteiger partial charge in [0.25, 0.3) is 0 Å². The number of nitrogens with zero attached hydrogens (tertiary/aromatic N) is 1. The predicted octanol–water partition coefficient (Wildman–Crippen LogP) is 2.36. The molecule has 94 valence electrons. The van der Waals surface area contributed by atoms with E-state index in [2.05, 4.69) is 4.98 Å². The standard InChI is InChI=1S/C12H18N2O2S/c1-3-16-10(15)9-8(2)17-11(14-9)12(13)6-4-5-7-12/h3-7,13H2,1-2H3. The molecule has 1 heterocycles. The van der Waals surface area contributed by atoms with Crippen molar-refractivity contribution in [3.05, 3.63) is 15.6 Å². The van der Waals surface area contributed by atoms with Gasteiger partial charge in [-0.3, -0.25) is 0 Å². The molecular weight excluding hydrogens is 236 g/mol. The second kappa shape index (κ2) is 4.74. The first kappa shape index (κ1) is 12.5. The summed E-state index contributed by atoms with van der Waals surface area (Å²) in [6.45, 7) is 4.06. The van der Waals surface area contributed by atoms with Gasteiger partial charge in [0.15, 0.2) is 5.69 Å². The lowest BCUT2D eigenvalue weighted by Gasteiger charge is -2.19. The van der Waals surface area contributed by atoms with Crippen LogP contribution in [0.15, 0.2) is 0 Å². The quantitative estimate of drug-likeness (QED) is 0.841. The van der Waals surface area contributed by atoms with Crippen molar-refractivity contribution < 1.29 is 9.53 Å². The highest BCUT2D eigenvalue weighted by Crippen LogP contribution is 2.38. The van der Waals surface area contributed by atoms with E-state index >= 15 is 0 Å². The number of carbonyl (C=O) groups excluding carboxylic acids is 1. The van der Waals surface area contributed by atoms with Crippen LogP contribution in [0.3, 0.4) is 0 Å². The summed E-state index contributed by atoms with van der Waals surface area (Å²) in [6.07, 6.45) is 4.21.